The number of rotatable bonds is 24. The highest BCUT2D eigenvalue weighted by molar-refractivity contribution is 8.07. The standard InChI is InChI=1S/C28H50O7S2/c1-21(2)11-7-5-9-13-31-27(29)23(15-25-17-33-25)19-36-35-37-20-24(16-26-18-34-26)28(30)32-14-10-6-8-12-22(3)4/h21-26H,5-20H2,1-4H3. The van der Waals surface area contributed by atoms with Crippen LogP contribution in [0.2, 0.25) is 0 Å². The number of carbonyl (C=O) groups excluding carboxylic acids is 2. The summed E-state index contributed by atoms with van der Waals surface area (Å²) < 4.78 is 27.5. The third-order valence-corrected chi connectivity index (χ3v) is 8.39. The number of epoxide rings is 2. The van der Waals surface area contributed by atoms with Gasteiger partial charge in [0.15, 0.2) is 0 Å². The van der Waals surface area contributed by atoms with Crippen molar-refractivity contribution < 1.29 is 32.2 Å². The summed E-state index contributed by atoms with van der Waals surface area (Å²) in [6.45, 7) is 11.3. The summed E-state index contributed by atoms with van der Waals surface area (Å²) in [6.07, 6.45) is 10.4. The summed E-state index contributed by atoms with van der Waals surface area (Å²) in [4.78, 5) is 25.2. The Morgan fingerprint density at radius 1 is 0.703 bits per heavy atom. The van der Waals surface area contributed by atoms with E-state index in [-0.39, 0.29) is 36.0 Å². The topological polar surface area (TPSA) is 86.9 Å². The molecule has 2 rings (SSSR count). The van der Waals surface area contributed by atoms with Gasteiger partial charge in [-0.25, -0.2) is 3.63 Å². The van der Waals surface area contributed by atoms with Gasteiger partial charge in [-0.3, -0.25) is 9.59 Å². The molecule has 0 amide bonds. The second kappa shape index (κ2) is 19.6. The highest BCUT2D eigenvalue weighted by Crippen LogP contribution is 2.29. The molecule has 4 unspecified atom stereocenters. The molecule has 216 valence electrons. The summed E-state index contributed by atoms with van der Waals surface area (Å²) in [7, 11) is 0. The first-order valence-electron chi connectivity index (χ1n) is 14.3. The average molecular weight is 563 g/mol. The van der Waals surface area contributed by atoms with E-state index in [2.05, 4.69) is 27.7 Å². The van der Waals surface area contributed by atoms with Crippen molar-refractivity contribution in [1.82, 2.24) is 0 Å². The minimum atomic E-state index is -0.245. The van der Waals surface area contributed by atoms with E-state index >= 15 is 0 Å². The molecule has 0 saturated carbocycles. The largest absolute Gasteiger partial charge is 0.465 e. The van der Waals surface area contributed by atoms with E-state index in [4.69, 9.17) is 22.6 Å². The number of hydrogen-bond acceptors (Lipinski definition) is 9. The molecule has 0 aromatic heterocycles. The van der Waals surface area contributed by atoms with Gasteiger partial charge in [-0.1, -0.05) is 66.2 Å². The summed E-state index contributed by atoms with van der Waals surface area (Å²) in [5.41, 5.74) is 0. The number of carbonyl (C=O) groups is 2. The van der Waals surface area contributed by atoms with Gasteiger partial charge >= 0.3 is 11.9 Å². The first-order valence-corrected chi connectivity index (χ1v) is 16.1. The molecule has 37 heavy (non-hydrogen) atoms. The fraction of sp³-hybridized carbons (Fsp3) is 0.929. The van der Waals surface area contributed by atoms with Gasteiger partial charge in [0.25, 0.3) is 0 Å². The van der Waals surface area contributed by atoms with Crippen LogP contribution in [0.4, 0.5) is 0 Å². The zero-order valence-corrected chi connectivity index (χ0v) is 25.1. The van der Waals surface area contributed by atoms with E-state index in [1.54, 1.807) is 0 Å². The average Bonchev–Trinajstić information content (AvgIpc) is 3.77. The number of ether oxygens (including phenoxy) is 4. The molecule has 2 fully saturated rings. The van der Waals surface area contributed by atoms with Gasteiger partial charge in [0.1, 0.15) is 0 Å². The highest BCUT2D eigenvalue weighted by Gasteiger charge is 2.33. The maximum absolute atomic E-state index is 12.6. The highest BCUT2D eigenvalue weighted by atomic mass is 32.2. The van der Waals surface area contributed by atoms with Crippen molar-refractivity contribution in [1.29, 1.82) is 0 Å². The predicted octanol–water partition coefficient (Wildman–Crippen LogP) is 6.63. The van der Waals surface area contributed by atoms with Crippen LogP contribution in [0.25, 0.3) is 0 Å². The van der Waals surface area contributed by atoms with Crippen molar-refractivity contribution >= 4 is 36.0 Å². The molecule has 2 heterocycles. The van der Waals surface area contributed by atoms with Gasteiger partial charge in [0.2, 0.25) is 0 Å². The quantitative estimate of drug-likeness (QED) is 0.0557. The molecule has 4 atom stereocenters. The minimum absolute atomic E-state index is 0.153. The lowest BCUT2D eigenvalue weighted by Crippen LogP contribution is -2.23. The second-order valence-corrected chi connectivity index (χ2v) is 12.9. The van der Waals surface area contributed by atoms with Crippen LogP contribution in [0.5, 0.6) is 0 Å². The lowest BCUT2D eigenvalue weighted by molar-refractivity contribution is -0.149. The van der Waals surface area contributed by atoms with Crippen molar-refractivity contribution in [2.75, 3.05) is 37.9 Å². The fourth-order valence-electron chi connectivity index (χ4n) is 4.01. The molecule has 0 aromatic carbocycles. The Labute approximate surface area is 233 Å². The van der Waals surface area contributed by atoms with Crippen LogP contribution in [0, 0.1) is 23.7 Å². The van der Waals surface area contributed by atoms with Crippen molar-refractivity contribution in [3.05, 3.63) is 0 Å². The van der Waals surface area contributed by atoms with Gasteiger partial charge < -0.3 is 18.9 Å². The Hall–Kier alpha value is -0.480. The summed E-state index contributed by atoms with van der Waals surface area (Å²) >= 11 is 2.50. The van der Waals surface area contributed by atoms with Gasteiger partial charge in [-0.05, 0) is 37.5 Å². The first kappa shape index (κ1) is 32.7. The Kier molecular flexibility index (Phi) is 17.3. The Morgan fingerprint density at radius 2 is 1.11 bits per heavy atom. The molecule has 7 nitrogen and oxygen atoms in total. The van der Waals surface area contributed by atoms with E-state index in [0.29, 0.717) is 62.6 Å². The van der Waals surface area contributed by atoms with Gasteiger partial charge in [0, 0.05) is 35.6 Å². The molecule has 2 saturated heterocycles. The Morgan fingerprint density at radius 3 is 1.46 bits per heavy atom. The van der Waals surface area contributed by atoms with Gasteiger partial charge in [-0.2, -0.15) is 0 Å². The molecule has 2 aliphatic heterocycles. The molecule has 0 bridgehead atoms. The van der Waals surface area contributed by atoms with Crippen LogP contribution in [-0.4, -0.2) is 62.1 Å². The minimum Gasteiger partial charge on any atom is -0.465 e. The lowest BCUT2D eigenvalue weighted by Gasteiger charge is -2.16. The molecular weight excluding hydrogens is 512 g/mol. The third-order valence-electron chi connectivity index (χ3n) is 6.54. The monoisotopic (exact) mass is 562 g/mol. The van der Waals surface area contributed by atoms with Crippen LogP contribution in [-0.2, 0) is 32.2 Å². The van der Waals surface area contributed by atoms with E-state index in [1.807, 2.05) is 0 Å². The third kappa shape index (κ3) is 17.7. The number of unbranched alkanes of at least 4 members (excludes halogenated alkanes) is 4. The maximum Gasteiger partial charge on any atom is 0.309 e. The SMILES string of the molecule is CC(C)CCCCCOC(=O)C(CSOSCC(CC1CO1)C(=O)OCCCCCC(C)C)CC1CO1. The van der Waals surface area contributed by atoms with Crippen molar-refractivity contribution in [3.63, 3.8) is 0 Å². The van der Waals surface area contributed by atoms with Crippen LogP contribution in [0.3, 0.4) is 0 Å². The Balaban J connectivity index is 1.60. The van der Waals surface area contributed by atoms with E-state index in [1.165, 1.54) is 49.8 Å². The smallest absolute Gasteiger partial charge is 0.309 e. The predicted molar refractivity (Wildman–Crippen MR) is 150 cm³/mol. The molecule has 0 radical (unpaired) electrons. The molecule has 9 heteroatoms. The second-order valence-electron chi connectivity index (χ2n) is 11.2. The van der Waals surface area contributed by atoms with E-state index < -0.39 is 0 Å². The number of esters is 2. The van der Waals surface area contributed by atoms with Crippen LogP contribution < -0.4 is 0 Å². The molecular formula is C28H50O7S2. The van der Waals surface area contributed by atoms with Crippen LogP contribution in [0.15, 0.2) is 0 Å². The lowest BCUT2D eigenvalue weighted by atomic mass is 10.1. The normalized spacial score (nSPS) is 20.2. The van der Waals surface area contributed by atoms with Gasteiger partial charge in [0.05, 0.1) is 50.5 Å². The summed E-state index contributed by atoms with van der Waals surface area (Å²) in [5.74, 6) is 1.63. The molecule has 0 spiro atoms. The zero-order chi connectivity index (χ0) is 26.9. The van der Waals surface area contributed by atoms with Crippen molar-refractivity contribution in [2.24, 2.45) is 23.7 Å². The molecule has 2 aliphatic rings. The summed E-state index contributed by atoms with van der Waals surface area (Å²) in [5, 5.41) is 0. The van der Waals surface area contributed by atoms with Crippen molar-refractivity contribution in [2.45, 2.75) is 104 Å². The zero-order valence-electron chi connectivity index (χ0n) is 23.5. The fourth-order valence-corrected chi connectivity index (χ4v) is 5.59. The van der Waals surface area contributed by atoms with Crippen LogP contribution in [0.1, 0.15) is 91.9 Å². The van der Waals surface area contributed by atoms with E-state index in [0.717, 1.165) is 25.7 Å². The molecule has 0 N–H and O–H groups in total. The Bertz CT molecular complexity index is 572. The first-order chi connectivity index (χ1) is 17.8. The number of hydrogen-bond donors (Lipinski definition) is 0. The maximum atomic E-state index is 12.6. The van der Waals surface area contributed by atoms with Crippen molar-refractivity contribution in [3.8, 4) is 0 Å². The van der Waals surface area contributed by atoms with Crippen LogP contribution >= 0.6 is 24.1 Å². The van der Waals surface area contributed by atoms with E-state index in [9.17, 15) is 9.59 Å². The van der Waals surface area contributed by atoms with Gasteiger partial charge in [-0.15, -0.1) is 0 Å². The molecule has 0 aromatic rings. The molecule has 0 aliphatic carbocycles. The summed E-state index contributed by atoms with van der Waals surface area (Å²) in [6, 6.07) is 0.